The van der Waals surface area contributed by atoms with Gasteiger partial charge < -0.3 is 100 Å². The first-order valence-electron chi connectivity index (χ1n) is 42.7. The molecule has 18 unspecified atom stereocenters. The van der Waals surface area contributed by atoms with Crippen molar-refractivity contribution < 1.29 is 104 Å². The molecule has 0 aromatic rings. The van der Waals surface area contributed by atoms with Crippen LogP contribution in [-0.4, -0.2) is 215 Å². The Morgan fingerprint density at radius 1 is 0.491 bits per heavy atom. The van der Waals surface area contributed by atoms with Crippen molar-refractivity contribution in [3.8, 4) is 0 Å². The van der Waals surface area contributed by atoms with Gasteiger partial charge in [0.1, 0.15) is 67.1 Å². The number of aliphatic hydroxyl groups excluding tert-OH is 11. The smallest absolute Gasteiger partial charge is 0.364 e. The minimum absolute atomic E-state index is 0.201. The third-order valence-corrected chi connectivity index (χ3v) is 21.6. The van der Waals surface area contributed by atoms with Gasteiger partial charge in [-0.25, -0.2) is 4.79 Å². The molecular formula is C83H154N2O21. The van der Waals surface area contributed by atoms with E-state index in [4.69, 9.17) is 28.4 Å². The van der Waals surface area contributed by atoms with E-state index in [9.17, 15) is 75.7 Å². The van der Waals surface area contributed by atoms with Gasteiger partial charge in [0.15, 0.2) is 12.6 Å². The quantitative estimate of drug-likeness (QED) is 0.0199. The van der Waals surface area contributed by atoms with E-state index in [1.807, 2.05) is 6.08 Å². The minimum atomic E-state index is -3.08. The molecule has 0 bridgehead atoms. The number of ether oxygens (including phenoxy) is 6. The van der Waals surface area contributed by atoms with Crippen LogP contribution >= 0.6 is 0 Å². The molecule has 106 heavy (non-hydrogen) atoms. The Hall–Kier alpha value is -2.79. The van der Waals surface area contributed by atoms with E-state index in [1.54, 1.807) is 6.08 Å². The maximum Gasteiger partial charge on any atom is 0.364 e. The molecule has 0 aromatic heterocycles. The Morgan fingerprint density at radius 3 is 1.28 bits per heavy atom. The highest BCUT2D eigenvalue weighted by Gasteiger charge is 2.60. The van der Waals surface area contributed by atoms with Crippen molar-refractivity contribution in [1.29, 1.82) is 0 Å². The Bertz CT molecular complexity index is 2200. The van der Waals surface area contributed by atoms with Crippen molar-refractivity contribution in [2.75, 3.05) is 26.4 Å². The zero-order valence-electron chi connectivity index (χ0n) is 66.1. The molecule has 18 atom stereocenters. The van der Waals surface area contributed by atoms with Crippen LogP contribution in [0.4, 0.5) is 0 Å². The van der Waals surface area contributed by atoms with Crippen LogP contribution in [0.15, 0.2) is 24.3 Å². The van der Waals surface area contributed by atoms with Gasteiger partial charge in [0.2, 0.25) is 11.8 Å². The lowest BCUT2D eigenvalue weighted by molar-refractivity contribution is -0.386. The molecule has 0 aromatic carbocycles. The van der Waals surface area contributed by atoms with Gasteiger partial charge in [-0.05, 0) is 44.9 Å². The van der Waals surface area contributed by atoms with Gasteiger partial charge in [0.25, 0.3) is 5.79 Å². The fourth-order valence-electron chi connectivity index (χ4n) is 14.9. The SMILES string of the molecule is CCCCCCCCCCCCCC/C=C\CCCCCCCCCCCCCC(=O)NC(COC1OC(CO)C(OC2OC(CO)C(O)C(OC3(C(=O)O)CC(O)C(NC(C)=O)C(C(O)C(O)CO)O3)C2O)C(O)C1O)C(O)/C=C/CCCCCCCCCCCCCCCCCCCCCCCCC. The second kappa shape index (κ2) is 61.8. The molecule has 3 aliphatic heterocycles. The third kappa shape index (κ3) is 41.1. The van der Waals surface area contributed by atoms with E-state index < -0.39 is 155 Å². The summed E-state index contributed by atoms with van der Waals surface area (Å²) in [4.78, 5) is 38.7. The van der Waals surface area contributed by atoms with Gasteiger partial charge >= 0.3 is 5.97 Å². The van der Waals surface area contributed by atoms with Crippen LogP contribution in [0.3, 0.4) is 0 Å². The van der Waals surface area contributed by atoms with Gasteiger partial charge in [0.05, 0.1) is 50.7 Å². The topological polar surface area (TPSA) is 373 Å². The Labute approximate surface area is 638 Å². The lowest BCUT2D eigenvalue weighted by Crippen LogP contribution is -2.70. The summed E-state index contributed by atoms with van der Waals surface area (Å²) in [7, 11) is 0. The van der Waals surface area contributed by atoms with E-state index >= 15 is 0 Å². The van der Waals surface area contributed by atoms with Crippen molar-refractivity contribution in [1.82, 2.24) is 10.6 Å². The molecule has 23 heteroatoms. The number of carbonyl (C=O) groups excluding carboxylic acids is 2. The molecule has 0 aliphatic carbocycles. The molecular weight excluding hydrogens is 1360 g/mol. The Kier molecular flexibility index (Phi) is 56.7. The highest BCUT2D eigenvalue weighted by molar-refractivity contribution is 5.77. The van der Waals surface area contributed by atoms with Crippen molar-refractivity contribution in [2.45, 2.75) is 458 Å². The van der Waals surface area contributed by atoms with Gasteiger partial charge in [-0.1, -0.05) is 308 Å². The maximum atomic E-state index is 13.6. The van der Waals surface area contributed by atoms with Crippen LogP contribution in [0, 0.1) is 0 Å². The maximum absolute atomic E-state index is 13.6. The highest BCUT2D eigenvalue weighted by atomic mass is 16.8. The number of carbonyl (C=O) groups is 3. The summed E-state index contributed by atoms with van der Waals surface area (Å²) in [6.07, 6.45) is 40.7. The number of hydrogen-bond donors (Lipinski definition) is 14. The van der Waals surface area contributed by atoms with Crippen LogP contribution in [-0.2, 0) is 42.8 Å². The van der Waals surface area contributed by atoms with E-state index in [2.05, 4.69) is 36.6 Å². The van der Waals surface area contributed by atoms with Gasteiger partial charge in [-0.2, -0.15) is 0 Å². The van der Waals surface area contributed by atoms with Crippen molar-refractivity contribution in [3.63, 3.8) is 0 Å². The predicted molar refractivity (Wildman–Crippen MR) is 412 cm³/mol. The van der Waals surface area contributed by atoms with Gasteiger partial charge in [-0.3, -0.25) is 9.59 Å². The van der Waals surface area contributed by atoms with Crippen LogP contribution in [0.2, 0.25) is 0 Å². The lowest BCUT2D eigenvalue weighted by atomic mass is 9.88. The summed E-state index contributed by atoms with van der Waals surface area (Å²) in [6, 6.07) is -2.62. The number of hydrogen-bond acceptors (Lipinski definition) is 20. The summed E-state index contributed by atoms with van der Waals surface area (Å²) < 4.78 is 35.0. The van der Waals surface area contributed by atoms with Crippen LogP contribution < -0.4 is 10.6 Å². The standard InChI is InChI=1S/C83H154N2O21/c1-4-6-8-10-12-14-16-18-20-22-24-26-28-30-31-33-35-37-39-41-43-45-47-49-51-53-55-57-70(93)85-64(65(90)56-54-52-50-48-46-44-42-40-38-36-34-32-29-27-25-23-21-19-17-15-13-11-9-7-5-2)62-101-80-75(97)74(96)77(69(61-88)103-80)104-81-76(98)79(73(95)68(60-87)102-81)106-83(82(99)100)58-66(91)71(84-63(3)89)78(105-83)72(94)67(92)59-86/h30-31,54,56,64-69,71-81,86-88,90-92,94-98H,4-29,32-53,55,57-62H2,1-3H3,(H,84,89)(H,85,93)(H,99,100)/b31-30-,56-54+. The van der Waals surface area contributed by atoms with Gasteiger partial charge in [-0.15, -0.1) is 0 Å². The third-order valence-electron chi connectivity index (χ3n) is 21.6. The molecule has 2 amide bonds. The summed E-state index contributed by atoms with van der Waals surface area (Å²) in [6.45, 7) is 2.20. The molecule has 3 aliphatic rings. The average molecular weight is 1520 g/mol. The normalized spacial score (nSPS) is 26.2. The molecule has 14 N–H and O–H groups in total. The van der Waals surface area contributed by atoms with Crippen molar-refractivity contribution in [3.05, 3.63) is 24.3 Å². The van der Waals surface area contributed by atoms with E-state index in [1.165, 1.54) is 257 Å². The van der Waals surface area contributed by atoms with Crippen LogP contribution in [0.5, 0.6) is 0 Å². The number of rotatable bonds is 68. The summed E-state index contributed by atoms with van der Waals surface area (Å²) in [5, 5.41) is 137. The molecule has 622 valence electrons. The summed E-state index contributed by atoms with van der Waals surface area (Å²) in [5.41, 5.74) is 0. The number of nitrogens with one attached hydrogen (secondary N) is 2. The summed E-state index contributed by atoms with van der Waals surface area (Å²) in [5.74, 6) is -6.14. The van der Waals surface area contributed by atoms with Crippen LogP contribution in [0.25, 0.3) is 0 Å². The minimum Gasteiger partial charge on any atom is -0.477 e. The van der Waals surface area contributed by atoms with Crippen molar-refractivity contribution in [2.24, 2.45) is 0 Å². The van der Waals surface area contributed by atoms with E-state index in [-0.39, 0.29) is 12.3 Å². The number of aliphatic carboxylic acids is 1. The fourth-order valence-corrected chi connectivity index (χ4v) is 14.9. The van der Waals surface area contributed by atoms with Gasteiger partial charge in [0, 0.05) is 19.8 Å². The second-order valence-electron chi connectivity index (χ2n) is 31.0. The number of allylic oxidation sites excluding steroid dienone is 3. The predicted octanol–water partition coefficient (Wildman–Crippen LogP) is 12.3. The molecule has 0 spiro atoms. The molecule has 0 radical (unpaired) electrons. The second-order valence-corrected chi connectivity index (χ2v) is 31.0. The lowest BCUT2D eigenvalue weighted by Gasteiger charge is -2.50. The largest absolute Gasteiger partial charge is 0.477 e. The molecule has 23 nitrogen and oxygen atoms in total. The average Bonchev–Trinajstić information content (AvgIpc) is 0.755. The molecule has 0 saturated carbocycles. The first-order valence-corrected chi connectivity index (χ1v) is 42.7. The Balaban J connectivity index is 1.50. The number of unbranched alkanes of at least 4 members (excludes halogenated alkanes) is 46. The first-order chi connectivity index (χ1) is 51.4. The molecule has 3 saturated heterocycles. The van der Waals surface area contributed by atoms with Crippen LogP contribution in [0.1, 0.15) is 348 Å². The highest BCUT2D eigenvalue weighted by Crippen LogP contribution is 2.39. The number of carboxylic acids is 1. The number of carboxylic acid groups (broad SMARTS) is 1. The Morgan fingerprint density at radius 2 is 0.887 bits per heavy atom. The fraction of sp³-hybridized carbons (Fsp3) is 0.916. The van der Waals surface area contributed by atoms with E-state index in [0.717, 1.165) is 51.9 Å². The molecule has 3 fully saturated rings. The summed E-state index contributed by atoms with van der Waals surface area (Å²) >= 11 is 0. The zero-order valence-corrected chi connectivity index (χ0v) is 66.1. The van der Waals surface area contributed by atoms with Crippen molar-refractivity contribution >= 4 is 17.8 Å². The zero-order chi connectivity index (χ0) is 77.4. The van der Waals surface area contributed by atoms with E-state index in [0.29, 0.717) is 12.8 Å². The number of aliphatic hydroxyl groups is 11. The molecule has 3 heterocycles. The first kappa shape index (κ1) is 97.4. The molecule has 3 rings (SSSR count). The monoisotopic (exact) mass is 1520 g/mol. The number of amides is 2.